The molecule has 2 bridgehead atoms. The Balaban J connectivity index is 1.84. The zero-order valence-corrected chi connectivity index (χ0v) is 10.2. The van der Waals surface area contributed by atoms with Crippen LogP contribution < -0.4 is 5.73 Å². The second kappa shape index (κ2) is 3.89. The average Bonchev–Trinajstić information content (AvgIpc) is 2.20. The molecule has 0 aromatic carbocycles. The molecule has 0 amide bonds. The van der Waals surface area contributed by atoms with Crippen molar-refractivity contribution in [2.24, 2.45) is 0 Å². The summed E-state index contributed by atoms with van der Waals surface area (Å²) in [6.45, 7) is 13.6. The van der Waals surface area contributed by atoms with Crippen LogP contribution in [-0.4, -0.2) is 61.8 Å². The molecule has 86 valence electrons. The molecule has 3 aliphatic heterocycles. The van der Waals surface area contributed by atoms with Crippen molar-refractivity contribution >= 4 is 0 Å². The van der Waals surface area contributed by atoms with Crippen LogP contribution in [0, 0.1) is 0 Å². The van der Waals surface area contributed by atoms with Crippen LogP contribution in [0.1, 0.15) is 12.8 Å². The number of fused-ring (bicyclic) bond motifs is 3. The first-order valence-electron chi connectivity index (χ1n) is 6.22. The van der Waals surface area contributed by atoms with Gasteiger partial charge in [0, 0.05) is 12.8 Å². The molecule has 3 saturated heterocycles. The van der Waals surface area contributed by atoms with Crippen LogP contribution in [0.5, 0.6) is 0 Å². The van der Waals surface area contributed by atoms with Crippen LogP contribution >= 0.6 is 0 Å². The molecule has 0 aromatic heterocycles. The van der Waals surface area contributed by atoms with E-state index in [0.29, 0.717) is 0 Å². The van der Waals surface area contributed by atoms with Gasteiger partial charge in [0.25, 0.3) is 0 Å². The Labute approximate surface area is 93.3 Å². The van der Waals surface area contributed by atoms with Crippen molar-refractivity contribution in [3.63, 3.8) is 0 Å². The Bertz CT molecular complexity index is 235. The van der Waals surface area contributed by atoms with E-state index in [1.54, 1.807) is 0 Å². The number of rotatable bonds is 4. The minimum Gasteiger partial charge on any atom is -0.329 e. The number of hydrogen-bond acceptors (Lipinski definition) is 0. The molecule has 15 heavy (non-hydrogen) atoms. The molecular weight excluding hydrogens is 186 g/mol. The highest BCUT2D eigenvalue weighted by molar-refractivity contribution is 4.75. The number of allylic oxidation sites excluding steroid dienone is 1. The highest BCUT2D eigenvalue weighted by Gasteiger charge is 2.46. The molecule has 0 atom stereocenters. The summed E-state index contributed by atoms with van der Waals surface area (Å²) in [7, 11) is 2.42. The first kappa shape index (κ1) is 11.1. The summed E-state index contributed by atoms with van der Waals surface area (Å²) in [5.74, 6) is 0. The zero-order valence-electron chi connectivity index (χ0n) is 10.2. The van der Waals surface area contributed by atoms with Crippen LogP contribution in [0.2, 0.25) is 0 Å². The van der Waals surface area contributed by atoms with E-state index in [0.717, 1.165) is 12.1 Å². The van der Waals surface area contributed by atoms with E-state index < -0.39 is 0 Å². The second-order valence-corrected chi connectivity index (χ2v) is 5.88. The molecule has 3 heterocycles. The molecule has 0 spiro atoms. The van der Waals surface area contributed by atoms with Crippen molar-refractivity contribution in [3.8, 4) is 0 Å². The third-order valence-electron chi connectivity index (χ3n) is 4.51. The van der Waals surface area contributed by atoms with Crippen LogP contribution in [0.25, 0.3) is 0 Å². The molecule has 3 fully saturated rings. The second-order valence-electron chi connectivity index (χ2n) is 5.88. The lowest BCUT2D eigenvalue weighted by molar-refractivity contribution is -1.07. The molecule has 0 radical (unpaired) electrons. The summed E-state index contributed by atoms with van der Waals surface area (Å²) < 4.78 is 2.73. The maximum Gasteiger partial charge on any atom is 0.129 e. The molecule has 3 nitrogen and oxygen atoms in total. The minimum atomic E-state index is 1.10. The molecule has 3 N–H and O–H groups in total. The molecule has 3 aliphatic rings. The summed E-state index contributed by atoms with van der Waals surface area (Å²) in [4.78, 5) is 0. The maximum absolute atomic E-state index is 3.89. The van der Waals surface area contributed by atoms with Crippen molar-refractivity contribution in [1.82, 2.24) is 0 Å². The maximum atomic E-state index is 3.89. The quantitative estimate of drug-likeness (QED) is 0.626. The van der Waals surface area contributed by atoms with E-state index in [1.165, 1.54) is 61.2 Å². The Morgan fingerprint density at radius 1 is 1.13 bits per heavy atom. The van der Waals surface area contributed by atoms with Crippen molar-refractivity contribution < 1.29 is 14.7 Å². The smallest absolute Gasteiger partial charge is 0.129 e. The predicted molar refractivity (Wildman–Crippen MR) is 61.8 cm³/mol. The normalized spacial score (nSPS) is 39.3. The molecule has 3 rings (SSSR count). The van der Waals surface area contributed by atoms with Gasteiger partial charge in [0.05, 0.1) is 19.3 Å². The SMILES string of the molecule is C=C([NH3+])CCC[N+]12CC[N+](C)(CC1)CC2. The number of hydrogen-bond donors (Lipinski definition) is 1. The summed E-state index contributed by atoms with van der Waals surface area (Å²) in [6, 6.07) is 0. The Kier molecular flexibility index (Phi) is 2.88. The Morgan fingerprint density at radius 2 is 1.67 bits per heavy atom. The molecule has 0 unspecified atom stereocenters. The molecule has 0 aliphatic carbocycles. The van der Waals surface area contributed by atoms with Gasteiger partial charge in [-0.2, -0.15) is 0 Å². The van der Waals surface area contributed by atoms with Gasteiger partial charge in [-0.25, -0.2) is 0 Å². The lowest BCUT2D eigenvalue weighted by Gasteiger charge is -2.54. The fourth-order valence-electron chi connectivity index (χ4n) is 3.03. The topological polar surface area (TPSA) is 27.6 Å². The van der Waals surface area contributed by atoms with Gasteiger partial charge >= 0.3 is 0 Å². The molecular formula is C12H26N3+3. The molecule has 0 aromatic rings. The fraction of sp³-hybridized carbons (Fsp3) is 0.833. The van der Waals surface area contributed by atoms with Gasteiger partial charge in [0.2, 0.25) is 0 Å². The zero-order chi connectivity index (χ0) is 10.9. The number of piperazine rings is 3. The summed E-state index contributed by atoms with van der Waals surface area (Å²) >= 11 is 0. The third kappa shape index (κ3) is 2.41. The van der Waals surface area contributed by atoms with E-state index >= 15 is 0 Å². The van der Waals surface area contributed by atoms with E-state index in [1.807, 2.05) is 0 Å². The van der Waals surface area contributed by atoms with Crippen molar-refractivity contribution in [3.05, 3.63) is 12.3 Å². The number of quaternary nitrogens is 3. The largest absolute Gasteiger partial charge is 0.329 e. The fourth-order valence-corrected chi connectivity index (χ4v) is 3.03. The van der Waals surface area contributed by atoms with Crippen LogP contribution in [0.3, 0.4) is 0 Å². The van der Waals surface area contributed by atoms with E-state index in [2.05, 4.69) is 19.4 Å². The van der Waals surface area contributed by atoms with Crippen molar-refractivity contribution in [2.45, 2.75) is 12.8 Å². The summed E-state index contributed by atoms with van der Waals surface area (Å²) in [5, 5.41) is 0. The highest BCUT2D eigenvalue weighted by Crippen LogP contribution is 2.25. The predicted octanol–water partition coefficient (Wildman–Crippen LogP) is -0.187. The van der Waals surface area contributed by atoms with Crippen LogP contribution in [-0.2, 0) is 0 Å². The summed E-state index contributed by atoms with van der Waals surface area (Å²) in [5.41, 5.74) is 4.99. The monoisotopic (exact) mass is 212 g/mol. The molecule has 0 saturated carbocycles. The highest BCUT2D eigenvalue weighted by atomic mass is 15.5. The third-order valence-corrected chi connectivity index (χ3v) is 4.51. The Morgan fingerprint density at radius 3 is 2.13 bits per heavy atom. The summed E-state index contributed by atoms with van der Waals surface area (Å²) in [6.07, 6.45) is 2.40. The van der Waals surface area contributed by atoms with Gasteiger partial charge in [-0.05, 0) is 6.58 Å². The molecule has 3 heteroatoms. The van der Waals surface area contributed by atoms with Gasteiger partial charge in [-0.3, -0.25) is 0 Å². The van der Waals surface area contributed by atoms with E-state index in [9.17, 15) is 0 Å². The standard InChI is InChI=1S/C12H25N3/c1-12(13)4-3-5-15-9-6-14(2,7-10-15)8-11-15/h1,3-11,13H2,2H3/q+2/p+1. The van der Waals surface area contributed by atoms with E-state index in [-0.39, 0.29) is 0 Å². The van der Waals surface area contributed by atoms with Gasteiger partial charge in [-0.15, -0.1) is 0 Å². The number of nitrogens with zero attached hydrogens (tertiary/aromatic N) is 2. The van der Waals surface area contributed by atoms with Gasteiger partial charge in [0.15, 0.2) is 0 Å². The van der Waals surface area contributed by atoms with E-state index in [4.69, 9.17) is 0 Å². The lowest BCUT2D eigenvalue weighted by Crippen LogP contribution is -2.73. The van der Waals surface area contributed by atoms with Crippen LogP contribution in [0.15, 0.2) is 12.3 Å². The van der Waals surface area contributed by atoms with Gasteiger partial charge < -0.3 is 14.7 Å². The average molecular weight is 212 g/mol. The number of likely N-dealkylation sites (N-methyl/N-ethyl adjacent to an activating group) is 1. The van der Waals surface area contributed by atoms with Gasteiger partial charge in [0.1, 0.15) is 39.3 Å². The minimum absolute atomic E-state index is 1.10. The Hall–Kier alpha value is -0.380. The van der Waals surface area contributed by atoms with Crippen molar-refractivity contribution in [1.29, 1.82) is 0 Å². The van der Waals surface area contributed by atoms with Crippen LogP contribution in [0.4, 0.5) is 0 Å². The van der Waals surface area contributed by atoms with Crippen molar-refractivity contribution in [2.75, 3.05) is 52.9 Å². The lowest BCUT2D eigenvalue weighted by atomic mass is 10.1. The first-order chi connectivity index (χ1) is 7.04. The first-order valence-corrected chi connectivity index (χ1v) is 6.22. The van der Waals surface area contributed by atoms with Gasteiger partial charge in [-0.1, -0.05) is 0 Å².